The Morgan fingerprint density at radius 2 is 2.46 bits per heavy atom. The van der Waals surface area contributed by atoms with Crippen LogP contribution in [0.2, 0.25) is 0 Å². The fraction of sp³-hybridized carbons (Fsp3) is 0.222. The molecule has 13 heavy (non-hydrogen) atoms. The second-order valence-electron chi connectivity index (χ2n) is 2.50. The molecule has 1 heterocycles. The molecule has 0 aromatic carbocycles. The van der Waals surface area contributed by atoms with Crippen LogP contribution >= 0.6 is 0 Å². The predicted octanol–water partition coefficient (Wildman–Crippen LogP) is 0.537. The molecular weight excluding hydrogens is 166 g/mol. The van der Waals surface area contributed by atoms with Crippen LogP contribution in [0.5, 0.6) is 0 Å². The van der Waals surface area contributed by atoms with E-state index < -0.39 is 5.91 Å². The van der Waals surface area contributed by atoms with E-state index in [1.807, 2.05) is 13.0 Å². The highest BCUT2D eigenvalue weighted by atomic mass is 16.1. The Hall–Kier alpha value is -1.71. The Labute approximate surface area is 76.5 Å². The number of aromatic nitrogens is 2. The summed E-state index contributed by atoms with van der Waals surface area (Å²) in [5.41, 5.74) is 5.87. The SMILES string of the molecule is CCc1ccnc(/C=C/C(N)=O)n1. The van der Waals surface area contributed by atoms with Gasteiger partial charge in [0.25, 0.3) is 0 Å². The van der Waals surface area contributed by atoms with Gasteiger partial charge in [-0.1, -0.05) is 6.92 Å². The Bertz CT molecular complexity index is 333. The Morgan fingerprint density at radius 1 is 1.69 bits per heavy atom. The van der Waals surface area contributed by atoms with Crippen LogP contribution in [0, 0.1) is 0 Å². The summed E-state index contributed by atoms with van der Waals surface area (Å²) in [6, 6.07) is 1.83. The first-order chi connectivity index (χ1) is 6.22. The van der Waals surface area contributed by atoms with Gasteiger partial charge < -0.3 is 5.73 Å². The fourth-order valence-electron chi connectivity index (χ4n) is 0.847. The minimum Gasteiger partial charge on any atom is -0.366 e. The number of carbonyl (C=O) groups excluding carboxylic acids is 1. The van der Waals surface area contributed by atoms with Crippen molar-refractivity contribution in [1.82, 2.24) is 9.97 Å². The largest absolute Gasteiger partial charge is 0.366 e. The number of carbonyl (C=O) groups is 1. The summed E-state index contributed by atoms with van der Waals surface area (Å²) in [5, 5.41) is 0. The molecule has 2 N–H and O–H groups in total. The van der Waals surface area contributed by atoms with Crippen LogP contribution in [0.4, 0.5) is 0 Å². The first kappa shape index (κ1) is 9.38. The monoisotopic (exact) mass is 177 g/mol. The summed E-state index contributed by atoms with van der Waals surface area (Å²) in [7, 11) is 0. The summed E-state index contributed by atoms with van der Waals surface area (Å²) in [6.45, 7) is 2.00. The molecule has 0 fully saturated rings. The molecule has 0 bridgehead atoms. The summed E-state index contributed by atoms with van der Waals surface area (Å²) >= 11 is 0. The highest BCUT2D eigenvalue weighted by Gasteiger charge is 1.93. The van der Waals surface area contributed by atoms with E-state index in [4.69, 9.17) is 5.73 Å². The summed E-state index contributed by atoms with van der Waals surface area (Å²) in [4.78, 5) is 18.5. The number of hydrogen-bond donors (Lipinski definition) is 1. The highest BCUT2D eigenvalue weighted by molar-refractivity contribution is 5.89. The fourth-order valence-corrected chi connectivity index (χ4v) is 0.847. The van der Waals surface area contributed by atoms with E-state index in [1.54, 1.807) is 6.20 Å². The van der Waals surface area contributed by atoms with Crippen LogP contribution in [0.25, 0.3) is 6.08 Å². The quantitative estimate of drug-likeness (QED) is 0.685. The molecule has 0 saturated heterocycles. The third kappa shape index (κ3) is 3.02. The smallest absolute Gasteiger partial charge is 0.241 e. The van der Waals surface area contributed by atoms with Gasteiger partial charge in [-0.3, -0.25) is 4.79 Å². The van der Waals surface area contributed by atoms with Crippen molar-refractivity contribution < 1.29 is 4.79 Å². The molecule has 1 aromatic heterocycles. The van der Waals surface area contributed by atoms with Gasteiger partial charge in [0, 0.05) is 18.0 Å². The second-order valence-corrected chi connectivity index (χ2v) is 2.50. The van der Waals surface area contributed by atoms with Crippen LogP contribution < -0.4 is 5.73 Å². The number of nitrogens with two attached hydrogens (primary N) is 1. The van der Waals surface area contributed by atoms with Gasteiger partial charge >= 0.3 is 0 Å². The number of amides is 1. The number of aryl methyl sites for hydroxylation is 1. The summed E-state index contributed by atoms with van der Waals surface area (Å²) in [5.74, 6) is 0.0173. The molecule has 0 atom stereocenters. The normalized spacial score (nSPS) is 10.5. The minimum atomic E-state index is -0.495. The molecule has 0 unspecified atom stereocenters. The van der Waals surface area contributed by atoms with Gasteiger partial charge in [-0.15, -0.1) is 0 Å². The van der Waals surface area contributed by atoms with E-state index in [0.29, 0.717) is 5.82 Å². The topological polar surface area (TPSA) is 68.9 Å². The van der Waals surface area contributed by atoms with E-state index >= 15 is 0 Å². The van der Waals surface area contributed by atoms with Gasteiger partial charge in [-0.05, 0) is 18.6 Å². The van der Waals surface area contributed by atoms with Gasteiger partial charge in [0.2, 0.25) is 5.91 Å². The molecule has 4 nitrogen and oxygen atoms in total. The van der Waals surface area contributed by atoms with Crippen molar-refractivity contribution in [2.24, 2.45) is 5.73 Å². The standard InChI is InChI=1S/C9H11N3O/c1-2-7-5-6-11-9(12-7)4-3-8(10)13/h3-6H,2H2,1H3,(H2,10,13)/b4-3+. The van der Waals surface area contributed by atoms with Crippen molar-refractivity contribution in [1.29, 1.82) is 0 Å². The van der Waals surface area contributed by atoms with Crippen molar-refractivity contribution in [3.05, 3.63) is 29.9 Å². The van der Waals surface area contributed by atoms with Crippen molar-refractivity contribution in [2.75, 3.05) is 0 Å². The lowest BCUT2D eigenvalue weighted by Crippen LogP contribution is -2.05. The molecule has 1 amide bonds. The van der Waals surface area contributed by atoms with E-state index in [1.165, 1.54) is 12.2 Å². The van der Waals surface area contributed by atoms with Crippen molar-refractivity contribution >= 4 is 12.0 Å². The Balaban J connectivity index is 2.83. The zero-order valence-electron chi connectivity index (χ0n) is 7.40. The molecule has 1 rings (SSSR count). The van der Waals surface area contributed by atoms with Crippen LogP contribution in [0.15, 0.2) is 18.3 Å². The number of hydrogen-bond acceptors (Lipinski definition) is 3. The molecule has 0 aliphatic heterocycles. The van der Waals surface area contributed by atoms with Crippen LogP contribution in [-0.4, -0.2) is 15.9 Å². The minimum absolute atomic E-state index is 0.495. The maximum atomic E-state index is 10.4. The molecule has 68 valence electrons. The van der Waals surface area contributed by atoms with Crippen LogP contribution in [-0.2, 0) is 11.2 Å². The molecule has 0 radical (unpaired) electrons. The number of rotatable bonds is 3. The zero-order chi connectivity index (χ0) is 9.68. The molecule has 0 aliphatic rings. The third-order valence-corrected chi connectivity index (χ3v) is 1.49. The van der Waals surface area contributed by atoms with Crippen molar-refractivity contribution in [3.8, 4) is 0 Å². The van der Waals surface area contributed by atoms with Gasteiger partial charge in [0.05, 0.1) is 0 Å². The Morgan fingerprint density at radius 3 is 3.08 bits per heavy atom. The van der Waals surface area contributed by atoms with Gasteiger partial charge in [0.1, 0.15) is 0 Å². The van der Waals surface area contributed by atoms with Crippen LogP contribution in [0.3, 0.4) is 0 Å². The van der Waals surface area contributed by atoms with E-state index in [-0.39, 0.29) is 0 Å². The average Bonchev–Trinajstić information content (AvgIpc) is 2.15. The third-order valence-electron chi connectivity index (χ3n) is 1.49. The zero-order valence-corrected chi connectivity index (χ0v) is 7.40. The lowest BCUT2D eigenvalue weighted by Gasteiger charge is -1.95. The number of nitrogens with zero attached hydrogens (tertiary/aromatic N) is 2. The average molecular weight is 177 g/mol. The number of primary amides is 1. The van der Waals surface area contributed by atoms with Crippen molar-refractivity contribution in [3.63, 3.8) is 0 Å². The second kappa shape index (κ2) is 4.35. The van der Waals surface area contributed by atoms with E-state index in [9.17, 15) is 4.79 Å². The lowest BCUT2D eigenvalue weighted by atomic mass is 10.3. The summed E-state index contributed by atoms with van der Waals surface area (Å²) < 4.78 is 0. The van der Waals surface area contributed by atoms with Crippen LogP contribution in [0.1, 0.15) is 18.4 Å². The maximum Gasteiger partial charge on any atom is 0.241 e. The molecule has 0 saturated carbocycles. The Kier molecular flexibility index (Phi) is 3.14. The molecule has 1 aromatic rings. The molecular formula is C9H11N3O. The first-order valence-electron chi connectivity index (χ1n) is 4.02. The molecule has 4 heteroatoms. The van der Waals surface area contributed by atoms with Gasteiger partial charge in [-0.25, -0.2) is 9.97 Å². The summed E-state index contributed by atoms with van der Waals surface area (Å²) in [6.07, 6.45) is 5.25. The molecule has 0 spiro atoms. The first-order valence-corrected chi connectivity index (χ1v) is 4.02. The van der Waals surface area contributed by atoms with E-state index in [2.05, 4.69) is 9.97 Å². The maximum absolute atomic E-state index is 10.4. The lowest BCUT2D eigenvalue weighted by molar-refractivity contribution is -0.113. The predicted molar refractivity (Wildman–Crippen MR) is 49.6 cm³/mol. The highest BCUT2D eigenvalue weighted by Crippen LogP contribution is 1.97. The van der Waals surface area contributed by atoms with Gasteiger partial charge in [0.15, 0.2) is 5.82 Å². The van der Waals surface area contributed by atoms with Gasteiger partial charge in [-0.2, -0.15) is 0 Å². The van der Waals surface area contributed by atoms with Crippen molar-refractivity contribution in [2.45, 2.75) is 13.3 Å². The molecule has 0 aliphatic carbocycles. The van der Waals surface area contributed by atoms with E-state index in [0.717, 1.165) is 12.1 Å².